The predicted molar refractivity (Wildman–Crippen MR) is 75.6 cm³/mol. The van der Waals surface area contributed by atoms with E-state index < -0.39 is 0 Å². The van der Waals surface area contributed by atoms with Gasteiger partial charge in [0.25, 0.3) is 0 Å². The van der Waals surface area contributed by atoms with E-state index in [1.807, 2.05) is 6.07 Å². The van der Waals surface area contributed by atoms with Crippen molar-refractivity contribution in [1.29, 1.82) is 0 Å². The smallest absolute Gasteiger partial charge is 0.0930 e. The van der Waals surface area contributed by atoms with E-state index >= 15 is 0 Å². The van der Waals surface area contributed by atoms with Gasteiger partial charge in [0, 0.05) is 14.2 Å². The largest absolute Gasteiger partial charge is 0.144 e. The molecule has 1 aromatic heterocycles. The molecule has 0 bridgehead atoms. The Hall–Kier alpha value is -0.310. The van der Waals surface area contributed by atoms with Gasteiger partial charge in [-0.3, -0.25) is 0 Å². The summed E-state index contributed by atoms with van der Waals surface area (Å²) in [7, 11) is 0. The van der Waals surface area contributed by atoms with Crippen molar-refractivity contribution in [2.75, 3.05) is 0 Å². The fraction of sp³-hybridized carbons (Fsp3) is 0.231. The van der Waals surface area contributed by atoms with Crippen molar-refractivity contribution in [2.24, 2.45) is 0 Å². The fourth-order valence-electron chi connectivity index (χ4n) is 1.63. The van der Waals surface area contributed by atoms with Crippen LogP contribution in [0.4, 0.5) is 0 Å². The molecule has 0 aliphatic carbocycles. The Kier molecular flexibility index (Phi) is 3.73. The average molecular weight is 316 g/mol. The SMILES string of the molecule is Cc1ccc(C(Cl)c2cc(Br)ccc2C)s1. The number of rotatable bonds is 2. The van der Waals surface area contributed by atoms with E-state index in [9.17, 15) is 0 Å². The summed E-state index contributed by atoms with van der Waals surface area (Å²) in [4.78, 5) is 2.51. The molecule has 0 spiro atoms. The molecule has 0 saturated heterocycles. The van der Waals surface area contributed by atoms with E-state index in [1.165, 1.54) is 20.9 Å². The molecule has 0 aliphatic rings. The van der Waals surface area contributed by atoms with Crippen molar-refractivity contribution >= 4 is 38.9 Å². The molecule has 1 atom stereocenters. The minimum atomic E-state index is -0.0452. The highest BCUT2D eigenvalue weighted by Crippen LogP contribution is 2.36. The van der Waals surface area contributed by atoms with Crippen LogP contribution in [0.15, 0.2) is 34.8 Å². The number of halogens is 2. The number of benzene rings is 1. The van der Waals surface area contributed by atoms with Crippen molar-refractivity contribution in [3.63, 3.8) is 0 Å². The van der Waals surface area contributed by atoms with Crippen LogP contribution in [0.2, 0.25) is 0 Å². The molecule has 1 heterocycles. The van der Waals surface area contributed by atoms with Crippen LogP contribution in [-0.4, -0.2) is 0 Å². The van der Waals surface area contributed by atoms with Gasteiger partial charge in [-0.15, -0.1) is 22.9 Å². The summed E-state index contributed by atoms with van der Waals surface area (Å²) in [6.07, 6.45) is 0. The number of alkyl halides is 1. The van der Waals surface area contributed by atoms with Crippen LogP contribution in [-0.2, 0) is 0 Å². The van der Waals surface area contributed by atoms with Gasteiger partial charge in [-0.25, -0.2) is 0 Å². The van der Waals surface area contributed by atoms with Crippen LogP contribution >= 0.6 is 38.9 Å². The molecule has 0 saturated carbocycles. The first-order valence-electron chi connectivity index (χ1n) is 5.04. The quantitative estimate of drug-likeness (QED) is 0.646. The maximum Gasteiger partial charge on any atom is 0.0930 e. The molecule has 0 fully saturated rings. The lowest BCUT2D eigenvalue weighted by Gasteiger charge is -2.11. The molecule has 1 unspecified atom stereocenters. The highest BCUT2D eigenvalue weighted by atomic mass is 79.9. The third-order valence-electron chi connectivity index (χ3n) is 2.53. The van der Waals surface area contributed by atoms with Crippen molar-refractivity contribution in [1.82, 2.24) is 0 Å². The molecular weight excluding hydrogens is 304 g/mol. The van der Waals surface area contributed by atoms with E-state index in [4.69, 9.17) is 11.6 Å². The fourth-order valence-corrected chi connectivity index (χ4v) is 3.32. The lowest BCUT2D eigenvalue weighted by Crippen LogP contribution is -1.93. The molecule has 3 heteroatoms. The maximum atomic E-state index is 6.51. The Labute approximate surface area is 113 Å². The number of aryl methyl sites for hydroxylation is 2. The van der Waals surface area contributed by atoms with Gasteiger partial charge in [0.2, 0.25) is 0 Å². The third kappa shape index (κ3) is 2.50. The topological polar surface area (TPSA) is 0 Å². The highest BCUT2D eigenvalue weighted by molar-refractivity contribution is 9.10. The monoisotopic (exact) mass is 314 g/mol. The van der Waals surface area contributed by atoms with Crippen molar-refractivity contribution < 1.29 is 0 Å². The molecule has 0 amide bonds. The molecular formula is C13H12BrClS. The second kappa shape index (κ2) is 4.91. The zero-order valence-electron chi connectivity index (χ0n) is 9.13. The summed E-state index contributed by atoms with van der Waals surface area (Å²) in [5, 5.41) is -0.0452. The molecule has 16 heavy (non-hydrogen) atoms. The van der Waals surface area contributed by atoms with Gasteiger partial charge in [0.15, 0.2) is 0 Å². The Morgan fingerprint density at radius 1 is 1.19 bits per heavy atom. The lowest BCUT2D eigenvalue weighted by atomic mass is 10.0. The average Bonchev–Trinajstić information content (AvgIpc) is 2.67. The van der Waals surface area contributed by atoms with Crippen molar-refractivity contribution in [3.05, 3.63) is 55.7 Å². The van der Waals surface area contributed by atoms with Gasteiger partial charge in [0.1, 0.15) is 0 Å². The maximum absolute atomic E-state index is 6.51. The van der Waals surface area contributed by atoms with Crippen LogP contribution in [0.25, 0.3) is 0 Å². The minimum Gasteiger partial charge on any atom is -0.144 e. The van der Waals surface area contributed by atoms with Crippen LogP contribution in [0.1, 0.15) is 26.3 Å². The van der Waals surface area contributed by atoms with Gasteiger partial charge in [0.05, 0.1) is 5.38 Å². The van der Waals surface area contributed by atoms with Crippen LogP contribution in [0.5, 0.6) is 0 Å². The van der Waals surface area contributed by atoms with E-state index in [-0.39, 0.29) is 5.38 Å². The zero-order valence-corrected chi connectivity index (χ0v) is 12.3. The Morgan fingerprint density at radius 3 is 2.56 bits per heavy atom. The Balaban J connectivity index is 2.40. The van der Waals surface area contributed by atoms with Crippen molar-refractivity contribution in [3.8, 4) is 0 Å². The standard InChI is InChI=1S/C13H12BrClS/c1-8-3-5-10(14)7-11(8)13(15)12-6-4-9(2)16-12/h3-7,13H,1-2H3. The first-order chi connectivity index (χ1) is 7.58. The molecule has 2 aromatic rings. The van der Waals surface area contributed by atoms with Gasteiger partial charge in [-0.2, -0.15) is 0 Å². The van der Waals surface area contributed by atoms with E-state index in [0.29, 0.717) is 0 Å². The van der Waals surface area contributed by atoms with E-state index in [1.54, 1.807) is 11.3 Å². The molecule has 0 aliphatic heterocycles. The normalized spacial score (nSPS) is 12.8. The molecule has 1 aromatic carbocycles. The Bertz CT molecular complexity index is 504. The molecule has 0 radical (unpaired) electrons. The molecule has 0 nitrogen and oxygen atoms in total. The van der Waals surface area contributed by atoms with E-state index in [0.717, 1.165) is 4.47 Å². The summed E-state index contributed by atoms with van der Waals surface area (Å²) in [5.41, 5.74) is 2.41. The summed E-state index contributed by atoms with van der Waals surface area (Å²) in [5.74, 6) is 0. The summed E-state index contributed by atoms with van der Waals surface area (Å²) < 4.78 is 1.08. The predicted octanol–water partition coefficient (Wildman–Crippen LogP) is 5.46. The van der Waals surface area contributed by atoms with Crippen LogP contribution in [0, 0.1) is 13.8 Å². The summed E-state index contributed by atoms with van der Waals surface area (Å²) in [6, 6.07) is 10.5. The van der Waals surface area contributed by atoms with Gasteiger partial charge < -0.3 is 0 Å². The third-order valence-corrected chi connectivity index (χ3v) is 4.68. The molecule has 2 rings (SSSR count). The molecule has 84 valence electrons. The second-order valence-corrected chi connectivity index (χ2v) is 6.48. The van der Waals surface area contributed by atoms with Gasteiger partial charge in [-0.05, 0) is 49.2 Å². The first-order valence-corrected chi connectivity index (χ1v) is 7.09. The summed E-state index contributed by atoms with van der Waals surface area (Å²) >= 11 is 11.8. The summed E-state index contributed by atoms with van der Waals surface area (Å²) in [6.45, 7) is 4.20. The first kappa shape index (κ1) is 12.2. The molecule has 0 N–H and O–H groups in total. The van der Waals surface area contributed by atoms with Gasteiger partial charge in [-0.1, -0.05) is 22.0 Å². The number of hydrogen-bond donors (Lipinski definition) is 0. The van der Waals surface area contributed by atoms with Gasteiger partial charge >= 0.3 is 0 Å². The highest BCUT2D eigenvalue weighted by Gasteiger charge is 2.15. The number of thiophene rings is 1. The lowest BCUT2D eigenvalue weighted by molar-refractivity contribution is 1.14. The minimum absolute atomic E-state index is 0.0452. The van der Waals surface area contributed by atoms with Crippen LogP contribution < -0.4 is 0 Å². The van der Waals surface area contributed by atoms with Crippen LogP contribution in [0.3, 0.4) is 0 Å². The Morgan fingerprint density at radius 2 is 1.94 bits per heavy atom. The van der Waals surface area contributed by atoms with E-state index in [2.05, 4.69) is 54.0 Å². The van der Waals surface area contributed by atoms with Crippen molar-refractivity contribution in [2.45, 2.75) is 19.2 Å². The second-order valence-electron chi connectivity index (χ2n) is 3.81. The zero-order chi connectivity index (χ0) is 11.7. The number of hydrogen-bond acceptors (Lipinski definition) is 1.